The van der Waals surface area contributed by atoms with Crippen LogP contribution in [0.5, 0.6) is 0 Å². The molecule has 1 heterocycles. The summed E-state index contributed by atoms with van der Waals surface area (Å²) < 4.78 is 5.34. The zero-order valence-electron chi connectivity index (χ0n) is 12.1. The Balaban J connectivity index is 2.11. The van der Waals surface area contributed by atoms with Crippen LogP contribution >= 0.6 is 0 Å². The van der Waals surface area contributed by atoms with Crippen LogP contribution in [0.2, 0.25) is 0 Å². The molecule has 1 saturated carbocycles. The lowest BCUT2D eigenvalue weighted by Gasteiger charge is -2.46. The Hall–Kier alpha value is -1.10. The van der Waals surface area contributed by atoms with Crippen molar-refractivity contribution in [3.05, 3.63) is 0 Å². The monoisotopic (exact) mass is 269 g/mol. The Bertz CT molecular complexity index is 397. The molecule has 3 unspecified atom stereocenters. The summed E-state index contributed by atoms with van der Waals surface area (Å²) in [5.74, 6) is -0.532. The van der Waals surface area contributed by atoms with E-state index in [2.05, 4.69) is 0 Å². The van der Waals surface area contributed by atoms with Crippen LogP contribution in [-0.4, -0.2) is 46.2 Å². The number of amides is 1. The van der Waals surface area contributed by atoms with Gasteiger partial charge in [0.1, 0.15) is 11.4 Å². The van der Waals surface area contributed by atoms with Crippen molar-refractivity contribution in [2.24, 2.45) is 11.8 Å². The van der Waals surface area contributed by atoms with E-state index in [1.807, 2.05) is 20.8 Å². The highest BCUT2D eigenvalue weighted by Crippen LogP contribution is 2.38. The van der Waals surface area contributed by atoms with Crippen molar-refractivity contribution >= 4 is 11.9 Å². The van der Waals surface area contributed by atoms with E-state index in [4.69, 9.17) is 4.74 Å². The topological polar surface area (TPSA) is 66.8 Å². The van der Waals surface area contributed by atoms with Gasteiger partial charge in [-0.3, -0.25) is 4.79 Å². The van der Waals surface area contributed by atoms with Gasteiger partial charge in [-0.05, 0) is 40.5 Å². The fraction of sp³-hybridized carbons (Fsp3) is 0.857. The fourth-order valence-corrected chi connectivity index (χ4v) is 2.88. The van der Waals surface area contributed by atoms with Crippen molar-refractivity contribution in [2.75, 3.05) is 13.1 Å². The van der Waals surface area contributed by atoms with E-state index in [0.29, 0.717) is 19.4 Å². The third kappa shape index (κ3) is 2.91. The number of carbonyl (C=O) groups is 2. The maximum absolute atomic E-state index is 12.1. The molecular formula is C14H23NO4. The minimum atomic E-state index is -1.01. The van der Waals surface area contributed by atoms with Gasteiger partial charge in [-0.2, -0.15) is 0 Å². The molecule has 2 aliphatic rings. The number of Topliss-reactive ketones (excluding diaryl/α,β-unsaturated/α-hetero) is 1. The molecule has 0 aromatic heterocycles. The van der Waals surface area contributed by atoms with Gasteiger partial charge in [-0.1, -0.05) is 0 Å². The maximum atomic E-state index is 12.1. The zero-order valence-corrected chi connectivity index (χ0v) is 12.1. The van der Waals surface area contributed by atoms with Gasteiger partial charge in [0, 0.05) is 19.0 Å². The van der Waals surface area contributed by atoms with Crippen LogP contribution in [0.15, 0.2) is 0 Å². The molecule has 5 heteroatoms. The lowest BCUT2D eigenvalue weighted by atomic mass is 9.68. The highest BCUT2D eigenvalue weighted by molar-refractivity contribution is 5.88. The molecule has 1 N–H and O–H groups in total. The number of likely N-dealkylation sites (tertiary alicyclic amines) is 1. The van der Waals surface area contributed by atoms with E-state index in [-0.39, 0.29) is 18.2 Å². The summed E-state index contributed by atoms with van der Waals surface area (Å²) >= 11 is 0. The van der Waals surface area contributed by atoms with Crippen LogP contribution in [0, 0.1) is 11.8 Å². The smallest absolute Gasteiger partial charge is 0.410 e. The summed E-state index contributed by atoms with van der Waals surface area (Å²) in [6.07, 6.45) is 0.866. The number of carbonyl (C=O) groups excluding carboxylic acids is 2. The van der Waals surface area contributed by atoms with Gasteiger partial charge in [0.2, 0.25) is 0 Å². The van der Waals surface area contributed by atoms with Crippen LogP contribution in [0.25, 0.3) is 0 Å². The molecule has 1 saturated heterocycles. The summed E-state index contributed by atoms with van der Waals surface area (Å²) in [6, 6.07) is 0. The van der Waals surface area contributed by atoms with Gasteiger partial charge >= 0.3 is 6.09 Å². The van der Waals surface area contributed by atoms with E-state index >= 15 is 0 Å². The Kier molecular flexibility index (Phi) is 3.37. The first-order chi connectivity index (χ1) is 8.60. The van der Waals surface area contributed by atoms with Gasteiger partial charge in [-0.15, -0.1) is 0 Å². The molecule has 19 heavy (non-hydrogen) atoms. The quantitative estimate of drug-likeness (QED) is 0.725. The van der Waals surface area contributed by atoms with Crippen LogP contribution in [0.1, 0.15) is 40.5 Å². The largest absolute Gasteiger partial charge is 0.444 e. The molecule has 0 radical (unpaired) electrons. The minimum absolute atomic E-state index is 0.0936. The Labute approximate surface area is 113 Å². The second kappa shape index (κ2) is 4.47. The summed E-state index contributed by atoms with van der Waals surface area (Å²) in [7, 11) is 0. The number of hydrogen-bond donors (Lipinski definition) is 1. The van der Waals surface area contributed by atoms with Gasteiger partial charge < -0.3 is 14.7 Å². The number of ether oxygens (including phenoxy) is 1. The van der Waals surface area contributed by atoms with Crippen LogP contribution in [0.3, 0.4) is 0 Å². The maximum Gasteiger partial charge on any atom is 0.410 e. The standard InChI is InChI=1S/C14H23NO4/c1-13(2,3)19-12(17)15-7-9-5-6-14(4,18)10(8-15)11(9)16/h9-10,18H,5-8H2,1-4H3. The highest BCUT2D eigenvalue weighted by Gasteiger charge is 2.50. The Morgan fingerprint density at radius 3 is 2.63 bits per heavy atom. The summed E-state index contributed by atoms with van der Waals surface area (Å²) in [5.41, 5.74) is -1.55. The number of piperidine rings is 1. The van der Waals surface area contributed by atoms with Crippen LogP contribution in [-0.2, 0) is 9.53 Å². The van der Waals surface area contributed by atoms with Gasteiger partial charge in [0.05, 0.1) is 11.5 Å². The van der Waals surface area contributed by atoms with Crippen LogP contribution < -0.4 is 0 Å². The van der Waals surface area contributed by atoms with Crippen molar-refractivity contribution in [1.29, 1.82) is 0 Å². The normalized spacial score (nSPS) is 35.2. The molecule has 1 aliphatic carbocycles. The zero-order chi connectivity index (χ0) is 14.4. The molecule has 1 amide bonds. The first kappa shape index (κ1) is 14.3. The molecule has 108 valence electrons. The van der Waals surface area contributed by atoms with Crippen molar-refractivity contribution in [1.82, 2.24) is 4.90 Å². The van der Waals surface area contributed by atoms with Gasteiger partial charge in [0.25, 0.3) is 0 Å². The molecule has 3 atom stereocenters. The number of hydrogen-bond acceptors (Lipinski definition) is 4. The molecule has 2 bridgehead atoms. The molecular weight excluding hydrogens is 246 g/mol. The van der Waals surface area contributed by atoms with Crippen LogP contribution in [0.4, 0.5) is 4.79 Å². The average Bonchev–Trinajstić information content (AvgIpc) is 2.22. The second-order valence-corrected chi connectivity index (χ2v) is 6.93. The van der Waals surface area contributed by atoms with Crippen molar-refractivity contribution in [2.45, 2.75) is 51.7 Å². The lowest BCUT2D eigenvalue weighted by molar-refractivity contribution is -0.150. The SMILES string of the molecule is CC(C)(C)OC(=O)N1CC2CCC(C)(O)C(C1)C2=O. The molecule has 0 aromatic carbocycles. The van der Waals surface area contributed by atoms with Crippen molar-refractivity contribution in [3.8, 4) is 0 Å². The van der Waals surface area contributed by atoms with E-state index in [0.717, 1.165) is 0 Å². The first-order valence-corrected chi connectivity index (χ1v) is 6.84. The molecule has 0 aromatic rings. The number of fused-ring (bicyclic) bond motifs is 2. The minimum Gasteiger partial charge on any atom is -0.444 e. The van der Waals surface area contributed by atoms with Gasteiger partial charge in [-0.25, -0.2) is 4.79 Å². The average molecular weight is 269 g/mol. The van der Waals surface area contributed by atoms with E-state index < -0.39 is 23.2 Å². The lowest BCUT2D eigenvalue weighted by Crippen LogP contribution is -2.60. The molecule has 5 nitrogen and oxygen atoms in total. The predicted molar refractivity (Wildman–Crippen MR) is 69.7 cm³/mol. The molecule has 0 spiro atoms. The second-order valence-electron chi connectivity index (χ2n) is 6.93. The Morgan fingerprint density at radius 2 is 2.05 bits per heavy atom. The number of aliphatic hydroxyl groups is 1. The molecule has 1 aliphatic heterocycles. The summed E-state index contributed by atoms with van der Waals surface area (Å²) in [5, 5.41) is 10.3. The van der Waals surface area contributed by atoms with E-state index in [1.165, 1.54) is 0 Å². The third-order valence-electron chi connectivity index (χ3n) is 3.99. The van der Waals surface area contributed by atoms with Gasteiger partial charge in [0.15, 0.2) is 0 Å². The highest BCUT2D eigenvalue weighted by atomic mass is 16.6. The van der Waals surface area contributed by atoms with E-state index in [1.54, 1.807) is 11.8 Å². The number of nitrogens with zero attached hydrogens (tertiary/aromatic N) is 1. The summed E-state index contributed by atoms with van der Waals surface area (Å²) in [6.45, 7) is 7.81. The fourth-order valence-electron chi connectivity index (χ4n) is 2.88. The Morgan fingerprint density at radius 1 is 1.42 bits per heavy atom. The molecule has 2 rings (SSSR count). The first-order valence-electron chi connectivity index (χ1n) is 6.84. The number of rotatable bonds is 0. The number of ketones is 1. The summed E-state index contributed by atoms with van der Waals surface area (Å²) in [4.78, 5) is 25.8. The predicted octanol–water partition coefficient (Wildman–Crippen LogP) is 1.58. The van der Waals surface area contributed by atoms with Crippen molar-refractivity contribution < 1.29 is 19.4 Å². The van der Waals surface area contributed by atoms with E-state index in [9.17, 15) is 14.7 Å². The third-order valence-corrected chi connectivity index (χ3v) is 3.99. The molecule has 2 fully saturated rings. The van der Waals surface area contributed by atoms with Crippen molar-refractivity contribution in [3.63, 3.8) is 0 Å².